The number of nitrogens with one attached hydrogen (secondary N) is 1. The summed E-state index contributed by atoms with van der Waals surface area (Å²) in [5.74, 6) is -0.134. The van der Waals surface area contributed by atoms with Crippen molar-refractivity contribution in [2.75, 3.05) is 6.61 Å². The smallest absolute Gasteiger partial charge is 0.308 e. The number of ether oxygens (including phenoxy) is 1. The lowest BCUT2D eigenvalue weighted by Gasteiger charge is -2.18. The van der Waals surface area contributed by atoms with Crippen LogP contribution < -0.4 is 5.32 Å². The third kappa shape index (κ3) is 5.30. The number of oxazole rings is 1. The fourth-order valence-corrected chi connectivity index (χ4v) is 2.84. The number of esters is 1. The monoisotopic (exact) mass is 378 g/mol. The Labute approximate surface area is 163 Å². The molecule has 0 aliphatic carbocycles. The van der Waals surface area contributed by atoms with Crippen LogP contribution in [-0.2, 0) is 20.7 Å². The van der Waals surface area contributed by atoms with Gasteiger partial charge in [0, 0.05) is 5.56 Å². The van der Waals surface area contributed by atoms with Crippen LogP contribution in [0.4, 0.5) is 0 Å². The number of aromatic nitrogens is 1. The van der Waals surface area contributed by atoms with Gasteiger partial charge in [-0.25, -0.2) is 4.98 Å². The van der Waals surface area contributed by atoms with Crippen molar-refractivity contribution in [1.29, 1.82) is 0 Å². The first kappa shape index (κ1) is 19.4. The van der Waals surface area contributed by atoms with E-state index >= 15 is 0 Å². The molecule has 6 nitrogen and oxygen atoms in total. The zero-order chi connectivity index (χ0) is 19.8. The van der Waals surface area contributed by atoms with Crippen molar-refractivity contribution in [2.24, 2.45) is 0 Å². The van der Waals surface area contributed by atoms with Gasteiger partial charge in [0.25, 0.3) is 0 Å². The maximum absolute atomic E-state index is 12.5. The molecule has 6 heteroatoms. The second-order valence-corrected chi connectivity index (χ2v) is 6.23. The molecule has 2 aromatic carbocycles. The van der Waals surface area contributed by atoms with Gasteiger partial charge in [0.2, 0.25) is 11.8 Å². The van der Waals surface area contributed by atoms with Crippen LogP contribution in [0.3, 0.4) is 0 Å². The van der Waals surface area contributed by atoms with Crippen LogP contribution in [-0.4, -0.2) is 23.5 Å². The highest BCUT2D eigenvalue weighted by atomic mass is 16.5. The first-order valence-corrected chi connectivity index (χ1v) is 9.15. The first-order valence-electron chi connectivity index (χ1n) is 9.15. The molecule has 0 aliphatic heterocycles. The molecule has 1 amide bonds. The van der Waals surface area contributed by atoms with Crippen molar-refractivity contribution in [3.05, 3.63) is 78.2 Å². The van der Waals surface area contributed by atoms with Gasteiger partial charge < -0.3 is 14.5 Å². The molecule has 144 valence electrons. The van der Waals surface area contributed by atoms with Gasteiger partial charge in [-0.2, -0.15) is 0 Å². The zero-order valence-corrected chi connectivity index (χ0v) is 15.6. The van der Waals surface area contributed by atoms with Crippen molar-refractivity contribution < 1.29 is 18.7 Å². The Bertz CT molecular complexity index is 907. The molecule has 3 rings (SSSR count). The summed E-state index contributed by atoms with van der Waals surface area (Å²) in [6, 6.07) is 18.4. The molecule has 28 heavy (non-hydrogen) atoms. The maximum Gasteiger partial charge on any atom is 0.308 e. The molecule has 0 saturated heterocycles. The first-order chi connectivity index (χ1) is 13.7. The van der Waals surface area contributed by atoms with Crippen molar-refractivity contribution in [2.45, 2.75) is 25.8 Å². The van der Waals surface area contributed by atoms with Gasteiger partial charge in [-0.15, -0.1) is 0 Å². The Kier molecular flexibility index (Phi) is 6.57. The summed E-state index contributed by atoms with van der Waals surface area (Å²) in [5, 5.41) is 2.90. The summed E-state index contributed by atoms with van der Waals surface area (Å²) >= 11 is 0. The number of nitrogens with zero attached hydrogens (tertiary/aromatic N) is 1. The van der Waals surface area contributed by atoms with E-state index in [1.54, 1.807) is 6.92 Å². The van der Waals surface area contributed by atoms with Crippen molar-refractivity contribution in [3.63, 3.8) is 0 Å². The molecule has 0 radical (unpaired) electrons. The summed E-state index contributed by atoms with van der Waals surface area (Å²) in [7, 11) is 0. The molecule has 1 heterocycles. The number of benzene rings is 2. The van der Waals surface area contributed by atoms with Crippen LogP contribution in [0.15, 0.2) is 71.3 Å². The van der Waals surface area contributed by atoms with E-state index in [9.17, 15) is 9.59 Å². The molecule has 1 N–H and O–H groups in total. The topological polar surface area (TPSA) is 81.4 Å². The fourth-order valence-electron chi connectivity index (χ4n) is 2.84. The third-order valence-electron chi connectivity index (χ3n) is 4.13. The van der Waals surface area contributed by atoms with E-state index in [1.165, 1.54) is 6.26 Å². The molecule has 1 atom stereocenters. The lowest BCUT2D eigenvalue weighted by Crippen LogP contribution is -2.31. The molecule has 0 bridgehead atoms. The predicted octanol–water partition coefficient (Wildman–Crippen LogP) is 3.69. The SMILES string of the molecule is CCOC(=O)CC(NC(=O)Cc1coc(-c2ccccc2)n1)c1ccccc1. The second kappa shape index (κ2) is 9.50. The average molecular weight is 378 g/mol. The second-order valence-electron chi connectivity index (χ2n) is 6.23. The third-order valence-corrected chi connectivity index (χ3v) is 4.13. The normalized spacial score (nSPS) is 11.6. The van der Waals surface area contributed by atoms with E-state index in [2.05, 4.69) is 10.3 Å². The van der Waals surface area contributed by atoms with Gasteiger partial charge in [0.15, 0.2) is 0 Å². The predicted molar refractivity (Wildman–Crippen MR) is 104 cm³/mol. The van der Waals surface area contributed by atoms with Crippen LogP contribution in [0.25, 0.3) is 11.5 Å². The number of rotatable bonds is 8. The van der Waals surface area contributed by atoms with Crippen molar-refractivity contribution in [3.8, 4) is 11.5 Å². The molecule has 1 aromatic heterocycles. The van der Waals surface area contributed by atoms with E-state index in [0.717, 1.165) is 11.1 Å². The minimum absolute atomic E-state index is 0.0580. The number of amides is 1. The Morgan fingerprint density at radius 3 is 2.43 bits per heavy atom. The Balaban J connectivity index is 1.67. The van der Waals surface area contributed by atoms with E-state index in [4.69, 9.17) is 9.15 Å². The van der Waals surface area contributed by atoms with Crippen LogP contribution in [0.5, 0.6) is 0 Å². The van der Waals surface area contributed by atoms with Crippen LogP contribution in [0, 0.1) is 0 Å². The molecular weight excluding hydrogens is 356 g/mol. The van der Waals surface area contributed by atoms with E-state index < -0.39 is 6.04 Å². The Morgan fingerprint density at radius 2 is 1.75 bits per heavy atom. The number of hydrogen-bond donors (Lipinski definition) is 1. The quantitative estimate of drug-likeness (QED) is 0.605. The molecule has 0 aliphatic rings. The Hall–Kier alpha value is -3.41. The van der Waals surface area contributed by atoms with Crippen LogP contribution in [0.1, 0.15) is 30.6 Å². The van der Waals surface area contributed by atoms with Crippen molar-refractivity contribution in [1.82, 2.24) is 10.3 Å². The van der Waals surface area contributed by atoms with Crippen LogP contribution in [0.2, 0.25) is 0 Å². The fraction of sp³-hybridized carbons (Fsp3) is 0.227. The minimum Gasteiger partial charge on any atom is -0.466 e. The van der Waals surface area contributed by atoms with Gasteiger partial charge in [0.05, 0.1) is 31.2 Å². The largest absolute Gasteiger partial charge is 0.466 e. The van der Waals surface area contributed by atoms with E-state index in [1.807, 2.05) is 60.7 Å². The van der Waals surface area contributed by atoms with Crippen LogP contribution >= 0.6 is 0 Å². The highest BCUT2D eigenvalue weighted by Gasteiger charge is 2.20. The lowest BCUT2D eigenvalue weighted by molar-refractivity contribution is -0.143. The minimum atomic E-state index is -0.465. The van der Waals surface area contributed by atoms with Gasteiger partial charge >= 0.3 is 5.97 Å². The van der Waals surface area contributed by atoms with Gasteiger partial charge in [-0.3, -0.25) is 9.59 Å². The average Bonchev–Trinajstić information content (AvgIpc) is 3.17. The highest BCUT2D eigenvalue weighted by molar-refractivity contribution is 5.80. The van der Waals surface area contributed by atoms with E-state index in [-0.39, 0.29) is 24.7 Å². The number of carbonyl (C=O) groups is 2. The number of hydrogen-bond acceptors (Lipinski definition) is 5. The summed E-state index contributed by atoms with van der Waals surface area (Å²) in [6.07, 6.45) is 1.60. The molecule has 3 aromatic rings. The lowest BCUT2D eigenvalue weighted by atomic mass is 10.0. The standard InChI is InChI=1S/C22H22N2O4/c1-2-27-21(26)14-19(16-9-5-3-6-10-16)24-20(25)13-18-15-28-22(23-18)17-11-7-4-8-12-17/h3-12,15,19H,2,13-14H2,1H3,(H,24,25). The van der Waals surface area contributed by atoms with Gasteiger partial charge in [-0.1, -0.05) is 48.5 Å². The molecule has 0 spiro atoms. The molecule has 0 saturated carbocycles. The highest BCUT2D eigenvalue weighted by Crippen LogP contribution is 2.20. The van der Waals surface area contributed by atoms with E-state index in [0.29, 0.717) is 18.2 Å². The molecular formula is C22H22N2O4. The number of carbonyl (C=O) groups excluding carboxylic acids is 2. The van der Waals surface area contributed by atoms with Gasteiger partial charge in [0.1, 0.15) is 6.26 Å². The maximum atomic E-state index is 12.5. The van der Waals surface area contributed by atoms with Crippen molar-refractivity contribution >= 4 is 11.9 Å². The summed E-state index contributed by atoms with van der Waals surface area (Å²) in [6.45, 7) is 2.05. The molecule has 1 unspecified atom stereocenters. The molecule has 0 fully saturated rings. The Morgan fingerprint density at radius 1 is 1.07 bits per heavy atom. The summed E-state index contributed by atoms with van der Waals surface area (Å²) < 4.78 is 10.5. The zero-order valence-electron chi connectivity index (χ0n) is 15.6. The summed E-state index contributed by atoms with van der Waals surface area (Å²) in [4.78, 5) is 28.8. The summed E-state index contributed by atoms with van der Waals surface area (Å²) in [5.41, 5.74) is 2.21. The van der Waals surface area contributed by atoms with Gasteiger partial charge in [-0.05, 0) is 24.6 Å².